The van der Waals surface area contributed by atoms with Gasteiger partial charge in [0.05, 0.1) is 23.2 Å². The van der Waals surface area contributed by atoms with Crippen molar-refractivity contribution in [2.45, 2.75) is 25.7 Å². The van der Waals surface area contributed by atoms with E-state index in [2.05, 4.69) is 5.32 Å². The number of anilines is 1. The summed E-state index contributed by atoms with van der Waals surface area (Å²) in [6, 6.07) is 3.58. The molecule has 3 rings (SSSR count). The number of benzene rings is 1. The molecule has 0 saturated carbocycles. The molecule has 1 aromatic heterocycles. The van der Waals surface area contributed by atoms with Crippen molar-refractivity contribution in [2.24, 2.45) is 5.73 Å². The Kier molecular flexibility index (Phi) is 6.31. The van der Waals surface area contributed by atoms with E-state index < -0.39 is 35.0 Å². The van der Waals surface area contributed by atoms with E-state index >= 15 is 0 Å². The predicted molar refractivity (Wildman–Crippen MR) is 108 cm³/mol. The molecule has 11 heteroatoms. The molecule has 0 spiro atoms. The summed E-state index contributed by atoms with van der Waals surface area (Å²) in [5, 5.41) is 14.0. The number of hydrogen-bond acceptors (Lipinski definition) is 8. The number of fused-ring (bicyclic) bond motifs is 1. The Bertz CT molecular complexity index is 1030. The molecule has 10 nitrogen and oxygen atoms in total. The highest BCUT2D eigenvalue weighted by atomic mass is 32.1. The Labute approximate surface area is 175 Å². The van der Waals surface area contributed by atoms with Gasteiger partial charge in [-0.25, -0.2) is 4.79 Å². The number of aryl methyl sites for hydroxylation is 1. The number of nitro benzene ring substituents is 1. The lowest BCUT2D eigenvalue weighted by atomic mass is 9.95. The summed E-state index contributed by atoms with van der Waals surface area (Å²) in [4.78, 5) is 47.7. The summed E-state index contributed by atoms with van der Waals surface area (Å²) in [6.45, 7) is -0.626. The van der Waals surface area contributed by atoms with Crippen molar-refractivity contribution in [2.75, 3.05) is 19.0 Å². The van der Waals surface area contributed by atoms with Gasteiger partial charge in [-0.3, -0.25) is 19.7 Å². The lowest BCUT2D eigenvalue weighted by Crippen LogP contribution is -2.23. The summed E-state index contributed by atoms with van der Waals surface area (Å²) < 4.78 is 9.82. The Hall–Kier alpha value is -3.47. The molecule has 0 bridgehead atoms. The Morgan fingerprint density at radius 1 is 1.27 bits per heavy atom. The molecule has 2 amide bonds. The van der Waals surface area contributed by atoms with Crippen molar-refractivity contribution in [1.82, 2.24) is 0 Å². The van der Waals surface area contributed by atoms with Gasteiger partial charge in [0.1, 0.15) is 5.00 Å². The first-order chi connectivity index (χ1) is 14.3. The molecule has 0 radical (unpaired) electrons. The molecular formula is C19H19N3O7S. The number of nitrogens with one attached hydrogen (secondary N) is 1. The number of hydrogen-bond donors (Lipinski definition) is 2. The molecule has 0 saturated heterocycles. The van der Waals surface area contributed by atoms with Gasteiger partial charge in [0.15, 0.2) is 12.4 Å². The highest BCUT2D eigenvalue weighted by molar-refractivity contribution is 7.17. The van der Waals surface area contributed by atoms with Crippen LogP contribution < -0.4 is 15.8 Å². The lowest BCUT2D eigenvalue weighted by molar-refractivity contribution is -0.385. The second-order valence-electron chi connectivity index (χ2n) is 6.55. The normalized spacial score (nSPS) is 12.6. The first-order valence-corrected chi connectivity index (χ1v) is 9.87. The maximum Gasteiger partial charge on any atom is 0.338 e. The van der Waals surface area contributed by atoms with Crippen LogP contribution in [0.5, 0.6) is 5.75 Å². The van der Waals surface area contributed by atoms with Gasteiger partial charge in [0, 0.05) is 10.9 Å². The van der Waals surface area contributed by atoms with Crippen LogP contribution in [0.4, 0.5) is 10.7 Å². The van der Waals surface area contributed by atoms with Crippen molar-refractivity contribution >= 4 is 39.8 Å². The molecule has 1 aromatic carbocycles. The number of esters is 1. The zero-order valence-corrected chi connectivity index (χ0v) is 16.9. The van der Waals surface area contributed by atoms with Crippen LogP contribution in [0, 0.1) is 10.1 Å². The fourth-order valence-corrected chi connectivity index (χ4v) is 4.56. The molecule has 0 unspecified atom stereocenters. The maximum absolute atomic E-state index is 12.2. The van der Waals surface area contributed by atoms with Gasteiger partial charge < -0.3 is 20.5 Å². The number of nitro groups is 1. The van der Waals surface area contributed by atoms with E-state index in [4.69, 9.17) is 15.2 Å². The topological polar surface area (TPSA) is 151 Å². The van der Waals surface area contributed by atoms with E-state index in [1.54, 1.807) is 0 Å². The third-order valence-corrected chi connectivity index (χ3v) is 5.82. The highest BCUT2D eigenvalue weighted by Gasteiger charge is 2.25. The van der Waals surface area contributed by atoms with Gasteiger partial charge in [-0.05, 0) is 43.4 Å². The summed E-state index contributed by atoms with van der Waals surface area (Å²) in [7, 11) is 1.27. The van der Waals surface area contributed by atoms with E-state index in [1.165, 1.54) is 30.6 Å². The number of carbonyl (C=O) groups is 3. The number of nitrogens with zero attached hydrogens (tertiary/aromatic N) is 1. The van der Waals surface area contributed by atoms with Crippen molar-refractivity contribution in [3.63, 3.8) is 0 Å². The average Bonchev–Trinajstić information content (AvgIpc) is 3.09. The summed E-state index contributed by atoms with van der Waals surface area (Å²) in [5.41, 5.74) is 6.17. The van der Waals surface area contributed by atoms with Gasteiger partial charge >= 0.3 is 11.7 Å². The van der Waals surface area contributed by atoms with E-state index in [0.717, 1.165) is 42.2 Å². The fraction of sp³-hybridized carbons (Fsp3) is 0.316. The number of ether oxygens (including phenoxy) is 2. The second kappa shape index (κ2) is 8.91. The van der Waals surface area contributed by atoms with E-state index in [-0.39, 0.29) is 11.3 Å². The number of thiophene rings is 1. The SMILES string of the molecule is COc1ccc(C(=O)OCC(=O)Nc2sc3c(c2C(N)=O)CCCC3)cc1[N+](=O)[O-]. The molecule has 2 aromatic rings. The predicted octanol–water partition coefficient (Wildman–Crippen LogP) is 2.44. The molecule has 1 heterocycles. The van der Waals surface area contributed by atoms with Gasteiger partial charge in [-0.1, -0.05) is 0 Å². The van der Waals surface area contributed by atoms with Crippen LogP contribution in [0.15, 0.2) is 18.2 Å². The minimum Gasteiger partial charge on any atom is -0.490 e. The number of nitrogens with two attached hydrogens (primary N) is 1. The van der Waals surface area contributed by atoms with Crippen molar-refractivity contribution < 1.29 is 28.8 Å². The van der Waals surface area contributed by atoms with Crippen LogP contribution in [-0.4, -0.2) is 36.4 Å². The van der Waals surface area contributed by atoms with Gasteiger partial charge in [-0.2, -0.15) is 0 Å². The maximum atomic E-state index is 12.2. The zero-order valence-electron chi connectivity index (χ0n) is 16.1. The summed E-state index contributed by atoms with van der Waals surface area (Å²) >= 11 is 1.30. The molecule has 1 aliphatic carbocycles. The molecule has 30 heavy (non-hydrogen) atoms. The van der Waals surface area contributed by atoms with Crippen molar-refractivity contribution in [3.8, 4) is 5.75 Å². The molecule has 0 aliphatic heterocycles. The first kappa shape index (κ1) is 21.2. The Balaban J connectivity index is 1.67. The van der Waals surface area contributed by atoms with E-state index in [1.807, 2.05) is 0 Å². The van der Waals surface area contributed by atoms with Gasteiger partial charge in [-0.15, -0.1) is 11.3 Å². The molecule has 158 valence electrons. The van der Waals surface area contributed by atoms with Gasteiger partial charge in [0.2, 0.25) is 0 Å². The fourth-order valence-electron chi connectivity index (χ4n) is 3.25. The van der Waals surface area contributed by atoms with Crippen molar-refractivity contribution in [3.05, 3.63) is 49.9 Å². The molecule has 0 fully saturated rings. The third kappa shape index (κ3) is 4.40. The standard InChI is InChI=1S/C19H19N3O7S/c1-28-13-7-6-10(8-12(13)22(26)27)19(25)29-9-15(23)21-18-16(17(20)24)11-4-2-3-5-14(11)30-18/h6-8H,2-5,9H2,1H3,(H2,20,24)(H,21,23). The second-order valence-corrected chi connectivity index (χ2v) is 7.65. The highest BCUT2D eigenvalue weighted by Crippen LogP contribution is 2.37. The quantitative estimate of drug-likeness (QED) is 0.386. The largest absolute Gasteiger partial charge is 0.490 e. The monoisotopic (exact) mass is 433 g/mol. The van der Waals surface area contributed by atoms with E-state index in [9.17, 15) is 24.5 Å². The van der Waals surface area contributed by atoms with Crippen LogP contribution in [-0.2, 0) is 22.4 Å². The average molecular weight is 433 g/mol. The van der Waals surface area contributed by atoms with Crippen LogP contribution in [0.25, 0.3) is 0 Å². The first-order valence-electron chi connectivity index (χ1n) is 9.05. The lowest BCUT2D eigenvalue weighted by Gasteiger charge is -2.11. The van der Waals surface area contributed by atoms with E-state index in [0.29, 0.717) is 10.6 Å². The van der Waals surface area contributed by atoms with Crippen LogP contribution in [0.3, 0.4) is 0 Å². The molecule has 3 N–H and O–H groups in total. The number of carbonyl (C=O) groups excluding carboxylic acids is 3. The minimum atomic E-state index is -0.906. The number of methoxy groups -OCH3 is 1. The minimum absolute atomic E-state index is 0.00469. The molecular weight excluding hydrogens is 414 g/mol. The summed E-state index contributed by atoms with van der Waals surface area (Å²) in [6.07, 6.45) is 3.50. The number of amides is 2. The molecule has 0 atom stereocenters. The Morgan fingerprint density at radius 3 is 2.67 bits per heavy atom. The number of primary amides is 1. The van der Waals surface area contributed by atoms with Crippen molar-refractivity contribution in [1.29, 1.82) is 0 Å². The smallest absolute Gasteiger partial charge is 0.338 e. The summed E-state index contributed by atoms with van der Waals surface area (Å²) in [5.74, 6) is -2.17. The molecule has 1 aliphatic rings. The zero-order chi connectivity index (χ0) is 21.8. The van der Waals surface area contributed by atoms with Crippen LogP contribution >= 0.6 is 11.3 Å². The Morgan fingerprint density at radius 2 is 2.00 bits per heavy atom. The van der Waals surface area contributed by atoms with Crippen LogP contribution in [0.2, 0.25) is 0 Å². The van der Waals surface area contributed by atoms with Gasteiger partial charge in [0.25, 0.3) is 11.8 Å². The number of rotatable bonds is 7. The van der Waals surface area contributed by atoms with Crippen LogP contribution in [0.1, 0.15) is 44.0 Å². The third-order valence-electron chi connectivity index (χ3n) is 4.62.